The van der Waals surface area contributed by atoms with Crippen LogP contribution in [0.25, 0.3) is 10.9 Å². The maximum absolute atomic E-state index is 13.5. The van der Waals surface area contributed by atoms with Crippen molar-refractivity contribution in [1.29, 1.82) is 0 Å². The quantitative estimate of drug-likeness (QED) is 0.569. The van der Waals surface area contributed by atoms with Crippen molar-refractivity contribution in [3.63, 3.8) is 0 Å². The Kier molecular flexibility index (Phi) is 4.36. The summed E-state index contributed by atoms with van der Waals surface area (Å²) in [5, 5.41) is 14.7. The zero-order valence-corrected chi connectivity index (χ0v) is 14.5. The van der Waals surface area contributed by atoms with Gasteiger partial charge in [0.05, 0.1) is 10.5 Å². The maximum atomic E-state index is 13.5. The lowest BCUT2D eigenvalue weighted by molar-refractivity contribution is 0.449. The molecule has 23 heavy (non-hydrogen) atoms. The SMILES string of the molecule is Cl.Oc1c(Br)cccc1C1NCCc2c1[nH]c1ccc(F)cc21. The second-order valence-electron chi connectivity index (χ2n) is 5.52. The van der Waals surface area contributed by atoms with Crippen LogP contribution in [-0.2, 0) is 6.42 Å². The fourth-order valence-corrected chi connectivity index (χ4v) is 3.61. The van der Waals surface area contributed by atoms with Crippen molar-refractivity contribution >= 4 is 39.2 Å². The summed E-state index contributed by atoms with van der Waals surface area (Å²) in [5.74, 6) is 0.00683. The zero-order valence-electron chi connectivity index (χ0n) is 12.1. The molecular weight excluding hydrogens is 383 g/mol. The topological polar surface area (TPSA) is 48.0 Å². The first kappa shape index (κ1) is 16.3. The average Bonchev–Trinajstić information content (AvgIpc) is 2.88. The molecule has 0 bridgehead atoms. The van der Waals surface area contributed by atoms with Gasteiger partial charge in [-0.3, -0.25) is 0 Å². The minimum absolute atomic E-state index is 0. The summed E-state index contributed by atoms with van der Waals surface area (Å²) < 4.78 is 14.2. The second-order valence-corrected chi connectivity index (χ2v) is 6.38. The van der Waals surface area contributed by atoms with Crippen molar-refractivity contribution in [2.24, 2.45) is 0 Å². The molecule has 4 rings (SSSR count). The number of hydrogen-bond donors (Lipinski definition) is 3. The summed E-state index contributed by atoms with van der Waals surface area (Å²) in [6, 6.07) is 10.3. The van der Waals surface area contributed by atoms with Crippen molar-refractivity contribution in [2.75, 3.05) is 6.54 Å². The van der Waals surface area contributed by atoms with Crippen LogP contribution in [0, 0.1) is 5.82 Å². The molecule has 6 heteroatoms. The Morgan fingerprint density at radius 1 is 1.22 bits per heavy atom. The van der Waals surface area contributed by atoms with Crippen molar-refractivity contribution in [2.45, 2.75) is 12.5 Å². The van der Waals surface area contributed by atoms with Gasteiger partial charge in [0.2, 0.25) is 0 Å². The van der Waals surface area contributed by atoms with Crippen LogP contribution in [0.5, 0.6) is 5.75 Å². The number of rotatable bonds is 1. The molecule has 1 aromatic heterocycles. The number of nitrogens with one attached hydrogen (secondary N) is 2. The molecule has 0 aliphatic carbocycles. The molecule has 0 fully saturated rings. The second kappa shape index (κ2) is 6.15. The van der Waals surface area contributed by atoms with Gasteiger partial charge in [0.1, 0.15) is 11.6 Å². The lowest BCUT2D eigenvalue weighted by Gasteiger charge is -2.25. The first-order valence-electron chi connectivity index (χ1n) is 7.16. The third-order valence-electron chi connectivity index (χ3n) is 4.24. The summed E-state index contributed by atoms with van der Waals surface area (Å²) >= 11 is 3.36. The summed E-state index contributed by atoms with van der Waals surface area (Å²) in [6.07, 6.45) is 0.837. The Balaban J connectivity index is 0.00000156. The number of phenols is 1. The largest absolute Gasteiger partial charge is 0.506 e. The number of fused-ring (bicyclic) bond motifs is 3. The minimum atomic E-state index is -0.227. The van der Waals surface area contributed by atoms with Crippen molar-refractivity contribution in [1.82, 2.24) is 10.3 Å². The van der Waals surface area contributed by atoms with E-state index in [1.54, 1.807) is 12.1 Å². The molecule has 1 aliphatic rings. The monoisotopic (exact) mass is 396 g/mol. The van der Waals surface area contributed by atoms with Gasteiger partial charge in [0.25, 0.3) is 0 Å². The van der Waals surface area contributed by atoms with Crippen LogP contribution in [0.1, 0.15) is 22.9 Å². The third kappa shape index (κ3) is 2.63. The fourth-order valence-electron chi connectivity index (χ4n) is 3.23. The van der Waals surface area contributed by atoms with Gasteiger partial charge in [0, 0.05) is 28.7 Å². The van der Waals surface area contributed by atoms with Crippen LogP contribution in [0.4, 0.5) is 4.39 Å². The van der Waals surface area contributed by atoms with Crippen molar-refractivity contribution < 1.29 is 9.50 Å². The number of halogens is 3. The highest BCUT2D eigenvalue weighted by Gasteiger charge is 2.27. The van der Waals surface area contributed by atoms with Crippen LogP contribution >= 0.6 is 28.3 Å². The van der Waals surface area contributed by atoms with E-state index in [1.807, 2.05) is 18.2 Å². The number of H-pyrrole nitrogens is 1. The van der Waals surface area contributed by atoms with Crippen LogP contribution in [0.3, 0.4) is 0 Å². The molecule has 1 unspecified atom stereocenters. The van der Waals surface area contributed by atoms with Gasteiger partial charge in [-0.05, 0) is 52.2 Å². The van der Waals surface area contributed by atoms with Crippen molar-refractivity contribution in [3.05, 3.63) is 63.5 Å². The molecule has 0 saturated carbocycles. The molecule has 1 aliphatic heterocycles. The molecule has 0 radical (unpaired) electrons. The Hall–Kier alpha value is -1.56. The normalized spacial score (nSPS) is 16.9. The molecule has 0 saturated heterocycles. The fraction of sp³-hybridized carbons (Fsp3) is 0.176. The van der Waals surface area contributed by atoms with Crippen LogP contribution < -0.4 is 5.32 Å². The van der Waals surface area contributed by atoms with Gasteiger partial charge in [-0.25, -0.2) is 4.39 Å². The Bertz CT molecular complexity index is 880. The molecule has 3 N–H and O–H groups in total. The molecule has 1 atom stereocenters. The number of hydrogen-bond acceptors (Lipinski definition) is 2. The third-order valence-corrected chi connectivity index (χ3v) is 4.88. The smallest absolute Gasteiger partial charge is 0.134 e. The van der Waals surface area contributed by atoms with Gasteiger partial charge < -0.3 is 15.4 Å². The van der Waals surface area contributed by atoms with E-state index in [9.17, 15) is 9.50 Å². The average molecular weight is 398 g/mol. The lowest BCUT2D eigenvalue weighted by atomic mass is 9.94. The zero-order chi connectivity index (χ0) is 15.3. The van der Waals surface area contributed by atoms with Crippen molar-refractivity contribution in [3.8, 4) is 5.75 Å². The van der Waals surface area contributed by atoms with E-state index in [2.05, 4.69) is 26.2 Å². The number of phenolic OH excluding ortho intramolecular Hbond substituents is 1. The van der Waals surface area contributed by atoms with Crippen LogP contribution in [0.2, 0.25) is 0 Å². The molecule has 2 heterocycles. The molecule has 120 valence electrons. The predicted molar refractivity (Wildman–Crippen MR) is 94.9 cm³/mol. The van der Waals surface area contributed by atoms with E-state index in [4.69, 9.17) is 0 Å². The first-order valence-corrected chi connectivity index (χ1v) is 7.95. The predicted octanol–water partition coefficient (Wildman–Crippen LogP) is 4.43. The van der Waals surface area contributed by atoms with E-state index in [0.29, 0.717) is 4.47 Å². The van der Waals surface area contributed by atoms with Gasteiger partial charge >= 0.3 is 0 Å². The van der Waals surface area contributed by atoms with Gasteiger partial charge in [-0.2, -0.15) is 0 Å². The summed E-state index contributed by atoms with van der Waals surface area (Å²) in [7, 11) is 0. The number of benzene rings is 2. The summed E-state index contributed by atoms with van der Waals surface area (Å²) in [5.41, 5.74) is 3.86. The van der Waals surface area contributed by atoms with E-state index < -0.39 is 0 Å². The highest BCUT2D eigenvalue weighted by Crippen LogP contribution is 2.39. The number of para-hydroxylation sites is 1. The standard InChI is InChI=1S/C17H14BrFN2O.ClH/c18-13-3-1-2-11(17(13)22)15-16-10(6-7-20-15)12-8-9(19)4-5-14(12)21-16;/h1-5,8,15,20-22H,6-7H2;1H. The van der Waals surface area contributed by atoms with Crippen LogP contribution in [-0.4, -0.2) is 16.6 Å². The lowest BCUT2D eigenvalue weighted by Crippen LogP contribution is -2.30. The Labute approximate surface area is 147 Å². The maximum Gasteiger partial charge on any atom is 0.134 e. The summed E-state index contributed by atoms with van der Waals surface area (Å²) in [4.78, 5) is 3.38. The van der Waals surface area contributed by atoms with E-state index in [-0.39, 0.29) is 30.0 Å². The minimum Gasteiger partial charge on any atom is -0.506 e. The molecule has 0 spiro atoms. The Morgan fingerprint density at radius 2 is 2.04 bits per heavy atom. The highest BCUT2D eigenvalue weighted by atomic mass is 79.9. The number of aromatic amines is 1. The Morgan fingerprint density at radius 3 is 2.87 bits per heavy atom. The molecule has 3 aromatic rings. The highest BCUT2D eigenvalue weighted by molar-refractivity contribution is 9.10. The molecule has 3 nitrogen and oxygen atoms in total. The van der Waals surface area contributed by atoms with Gasteiger partial charge in [0.15, 0.2) is 0 Å². The van der Waals surface area contributed by atoms with Gasteiger partial charge in [-0.15, -0.1) is 12.4 Å². The summed E-state index contributed by atoms with van der Waals surface area (Å²) in [6.45, 7) is 0.785. The van der Waals surface area contributed by atoms with Gasteiger partial charge in [-0.1, -0.05) is 12.1 Å². The van der Waals surface area contributed by atoms with E-state index in [0.717, 1.165) is 40.7 Å². The van der Waals surface area contributed by atoms with E-state index >= 15 is 0 Å². The number of aromatic hydroxyl groups is 1. The number of aromatic nitrogens is 1. The van der Waals surface area contributed by atoms with Crippen LogP contribution in [0.15, 0.2) is 40.9 Å². The molecule has 2 aromatic carbocycles. The van der Waals surface area contributed by atoms with E-state index in [1.165, 1.54) is 6.07 Å². The molecular formula is C17H15BrClFN2O. The first-order chi connectivity index (χ1) is 10.6. The molecule has 0 amide bonds.